The van der Waals surface area contributed by atoms with Crippen molar-refractivity contribution in [3.8, 4) is 0 Å². The summed E-state index contributed by atoms with van der Waals surface area (Å²) in [7, 11) is 0. The Bertz CT molecular complexity index is 1540. The molecule has 35 heavy (non-hydrogen) atoms. The summed E-state index contributed by atoms with van der Waals surface area (Å²) in [5, 5.41) is 8.24. The number of nitrogens with zero attached hydrogens (tertiary/aromatic N) is 5. The molecule has 0 saturated heterocycles. The standard InChI is InChI=1S/C29H23N5S/c1-3-10-19(11-4-1)18-21-14-9-15-22-25(21)33-34(26(22)20-12-5-2-6-13-20)29-32-27-28(35-29)31-24-17-8-7-16-23(24)30-27/h1-8,10-13,16-18,22,26H,9,14-15H2/b21-18+/t22-,26+/m1/s1. The molecule has 1 fully saturated rings. The number of para-hydroxylation sites is 2. The average Bonchev–Trinajstić information content (AvgIpc) is 3.50. The van der Waals surface area contributed by atoms with E-state index in [2.05, 4.69) is 71.7 Å². The molecule has 0 amide bonds. The lowest BCUT2D eigenvalue weighted by Gasteiger charge is -2.29. The second-order valence-electron chi connectivity index (χ2n) is 9.10. The Morgan fingerprint density at radius 3 is 2.31 bits per heavy atom. The van der Waals surface area contributed by atoms with E-state index < -0.39 is 0 Å². The second kappa shape index (κ2) is 8.40. The van der Waals surface area contributed by atoms with E-state index in [9.17, 15) is 0 Å². The smallest absolute Gasteiger partial charge is 0.210 e. The first kappa shape index (κ1) is 20.5. The molecule has 7 rings (SSSR count). The molecule has 0 spiro atoms. The first-order chi connectivity index (χ1) is 17.3. The quantitative estimate of drug-likeness (QED) is 0.282. The van der Waals surface area contributed by atoms with Crippen LogP contribution in [-0.4, -0.2) is 20.7 Å². The molecule has 2 aliphatic rings. The number of hydrogen-bond acceptors (Lipinski definition) is 6. The van der Waals surface area contributed by atoms with Crippen LogP contribution in [0, 0.1) is 5.92 Å². The fourth-order valence-corrected chi connectivity index (χ4v) is 6.19. The van der Waals surface area contributed by atoms with Crippen LogP contribution in [0.3, 0.4) is 0 Å². The maximum Gasteiger partial charge on any atom is 0.210 e. The Hall–Kier alpha value is -3.90. The van der Waals surface area contributed by atoms with Gasteiger partial charge >= 0.3 is 0 Å². The van der Waals surface area contributed by atoms with E-state index in [-0.39, 0.29) is 6.04 Å². The van der Waals surface area contributed by atoms with Gasteiger partial charge in [0.15, 0.2) is 10.5 Å². The summed E-state index contributed by atoms with van der Waals surface area (Å²) in [5.74, 6) is 0.327. The van der Waals surface area contributed by atoms with Crippen molar-refractivity contribution in [1.29, 1.82) is 0 Å². The van der Waals surface area contributed by atoms with Gasteiger partial charge in [-0.25, -0.2) is 15.0 Å². The van der Waals surface area contributed by atoms with Gasteiger partial charge in [0.05, 0.1) is 22.8 Å². The predicted molar refractivity (Wildman–Crippen MR) is 144 cm³/mol. The van der Waals surface area contributed by atoms with E-state index in [0.29, 0.717) is 11.6 Å². The van der Waals surface area contributed by atoms with E-state index in [0.717, 1.165) is 40.3 Å². The molecule has 3 aromatic carbocycles. The van der Waals surface area contributed by atoms with Crippen LogP contribution in [0.1, 0.15) is 36.4 Å². The molecular formula is C29H23N5S. The van der Waals surface area contributed by atoms with Crippen LogP contribution < -0.4 is 5.01 Å². The fraction of sp³-hybridized carbons (Fsp3) is 0.172. The molecule has 5 aromatic rings. The molecule has 0 N–H and O–H groups in total. The minimum Gasteiger partial charge on any atom is -0.232 e. The van der Waals surface area contributed by atoms with Crippen molar-refractivity contribution in [1.82, 2.24) is 15.0 Å². The number of rotatable bonds is 3. The van der Waals surface area contributed by atoms with E-state index >= 15 is 0 Å². The van der Waals surface area contributed by atoms with Crippen molar-refractivity contribution in [2.45, 2.75) is 25.3 Å². The average molecular weight is 474 g/mol. The SMILES string of the molecule is C(=C1/CCC[C@@H]2C1=NN(c1nc3nc4ccccc4nc3s1)[C@H]2c1ccccc1)/c1ccccc1. The minimum atomic E-state index is 0.112. The van der Waals surface area contributed by atoms with E-state index in [1.165, 1.54) is 22.4 Å². The molecule has 0 bridgehead atoms. The van der Waals surface area contributed by atoms with Gasteiger partial charge in [0.25, 0.3) is 0 Å². The molecule has 3 heterocycles. The molecule has 1 aliphatic carbocycles. The third-order valence-electron chi connectivity index (χ3n) is 6.89. The fourth-order valence-electron chi connectivity index (χ4n) is 5.31. The molecule has 0 radical (unpaired) electrons. The maximum atomic E-state index is 5.25. The number of hydrogen-bond donors (Lipinski definition) is 0. The van der Waals surface area contributed by atoms with Crippen molar-refractivity contribution >= 4 is 49.8 Å². The number of hydrazone groups is 1. The van der Waals surface area contributed by atoms with E-state index in [1.54, 1.807) is 11.3 Å². The summed E-state index contributed by atoms with van der Waals surface area (Å²) < 4.78 is 0. The number of aromatic nitrogens is 3. The van der Waals surface area contributed by atoms with Crippen LogP contribution in [0.25, 0.3) is 27.6 Å². The molecule has 1 saturated carbocycles. The highest BCUT2D eigenvalue weighted by Gasteiger charge is 2.43. The summed E-state index contributed by atoms with van der Waals surface area (Å²) >= 11 is 1.57. The van der Waals surface area contributed by atoms with Gasteiger partial charge in [-0.2, -0.15) is 10.1 Å². The first-order valence-corrected chi connectivity index (χ1v) is 12.9. The maximum absolute atomic E-state index is 5.25. The molecule has 2 atom stereocenters. The van der Waals surface area contributed by atoms with Gasteiger partial charge in [0.2, 0.25) is 5.13 Å². The lowest BCUT2D eigenvalue weighted by atomic mass is 9.77. The minimum absolute atomic E-state index is 0.112. The summed E-state index contributed by atoms with van der Waals surface area (Å²) in [6, 6.07) is 29.4. The summed E-state index contributed by atoms with van der Waals surface area (Å²) in [4.78, 5) is 15.4. The van der Waals surface area contributed by atoms with Gasteiger partial charge in [-0.1, -0.05) is 84.1 Å². The van der Waals surface area contributed by atoms with Gasteiger partial charge in [0, 0.05) is 5.92 Å². The number of fused-ring (bicyclic) bond motifs is 3. The molecule has 2 aromatic heterocycles. The van der Waals surface area contributed by atoms with Gasteiger partial charge < -0.3 is 0 Å². The molecular weight excluding hydrogens is 450 g/mol. The molecule has 1 aliphatic heterocycles. The summed E-state index contributed by atoms with van der Waals surface area (Å²) in [6.07, 6.45) is 5.64. The second-order valence-corrected chi connectivity index (χ2v) is 10.1. The number of benzene rings is 3. The highest BCUT2D eigenvalue weighted by Crippen LogP contribution is 2.47. The predicted octanol–water partition coefficient (Wildman–Crippen LogP) is 7.04. The van der Waals surface area contributed by atoms with Crippen molar-refractivity contribution in [2.24, 2.45) is 11.0 Å². The number of anilines is 1. The largest absolute Gasteiger partial charge is 0.232 e. The number of thiazole rings is 1. The third-order valence-corrected chi connectivity index (χ3v) is 7.82. The summed E-state index contributed by atoms with van der Waals surface area (Å²) in [6.45, 7) is 0. The normalized spacial score (nSPS) is 21.0. The Balaban J connectivity index is 1.37. The van der Waals surface area contributed by atoms with Crippen LogP contribution >= 0.6 is 11.3 Å². The first-order valence-electron chi connectivity index (χ1n) is 12.1. The van der Waals surface area contributed by atoms with Gasteiger partial charge in [0.1, 0.15) is 0 Å². The Morgan fingerprint density at radius 2 is 1.51 bits per heavy atom. The van der Waals surface area contributed by atoms with E-state index in [1.807, 2.05) is 24.3 Å². The van der Waals surface area contributed by atoms with Crippen molar-refractivity contribution in [3.63, 3.8) is 0 Å². The zero-order valence-electron chi connectivity index (χ0n) is 19.1. The lowest BCUT2D eigenvalue weighted by molar-refractivity contribution is 0.487. The Kier molecular flexibility index (Phi) is 4.91. The molecule has 170 valence electrons. The van der Waals surface area contributed by atoms with Gasteiger partial charge in [-0.15, -0.1) is 0 Å². The van der Waals surface area contributed by atoms with Gasteiger partial charge in [-0.05, 0) is 54.2 Å². The Morgan fingerprint density at radius 1 is 0.800 bits per heavy atom. The molecule has 0 unspecified atom stereocenters. The monoisotopic (exact) mass is 473 g/mol. The summed E-state index contributed by atoms with van der Waals surface area (Å²) in [5.41, 5.74) is 7.46. The third kappa shape index (κ3) is 3.61. The van der Waals surface area contributed by atoms with Crippen LogP contribution in [-0.2, 0) is 0 Å². The topological polar surface area (TPSA) is 54.3 Å². The van der Waals surface area contributed by atoms with Crippen LogP contribution in [0.15, 0.2) is 95.6 Å². The number of allylic oxidation sites excluding steroid dienone is 1. The highest BCUT2D eigenvalue weighted by atomic mass is 32.1. The van der Waals surface area contributed by atoms with E-state index in [4.69, 9.17) is 20.1 Å². The van der Waals surface area contributed by atoms with Crippen molar-refractivity contribution < 1.29 is 0 Å². The zero-order chi connectivity index (χ0) is 23.2. The van der Waals surface area contributed by atoms with Gasteiger partial charge in [-0.3, -0.25) is 0 Å². The van der Waals surface area contributed by atoms with Crippen LogP contribution in [0.4, 0.5) is 5.13 Å². The van der Waals surface area contributed by atoms with Crippen LogP contribution in [0.5, 0.6) is 0 Å². The van der Waals surface area contributed by atoms with Crippen molar-refractivity contribution in [2.75, 3.05) is 5.01 Å². The lowest BCUT2D eigenvalue weighted by Crippen LogP contribution is -2.27. The zero-order valence-corrected chi connectivity index (χ0v) is 19.9. The Labute approximate surface area is 207 Å². The van der Waals surface area contributed by atoms with Crippen molar-refractivity contribution in [3.05, 3.63) is 102 Å². The highest BCUT2D eigenvalue weighted by molar-refractivity contribution is 7.21. The van der Waals surface area contributed by atoms with Crippen LogP contribution in [0.2, 0.25) is 0 Å². The molecule has 6 heteroatoms. The molecule has 5 nitrogen and oxygen atoms in total.